The van der Waals surface area contributed by atoms with E-state index < -0.39 is 0 Å². The van der Waals surface area contributed by atoms with E-state index in [-0.39, 0.29) is 0 Å². The van der Waals surface area contributed by atoms with Crippen molar-refractivity contribution in [3.63, 3.8) is 0 Å². The summed E-state index contributed by atoms with van der Waals surface area (Å²) in [7, 11) is 0. The molecule has 1 fully saturated rings. The minimum Gasteiger partial charge on any atom is -0.329 e. The molecule has 1 saturated heterocycles. The Bertz CT molecular complexity index is 642. The van der Waals surface area contributed by atoms with Crippen LogP contribution in [0.15, 0.2) is 12.1 Å². The van der Waals surface area contributed by atoms with Crippen LogP contribution in [0.4, 0.5) is 0 Å². The maximum Gasteiger partial charge on any atom is 0.179 e. The fraction of sp³-hybridized carbons (Fsp3) is 0.571. The average molecular weight is 276 g/mol. The van der Waals surface area contributed by atoms with E-state index in [2.05, 4.69) is 32.4 Å². The second-order valence-electron chi connectivity index (χ2n) is 5.41. The highest BCUT2D eigenvalue weighted by Crippen LogP contribution is 2.20. The summed E-state index contributed by atoms with van der Waals surface area (Å²) in [6, 6.07) is 4.09. The Morgan fingerprint density at radius 2 is 2.32 bits per heavy atom. The number of imidazole rings is 1. The lowest BCUT2D eigenvalue weighted by Crippen LogP contribution is -2.21. The van der Waals surface area contributed by atoms with Gasteiger partial charge >= 0.3 is 0 Å². The fourth-order valence-electron chi connectivity index (χ4n) is 2.90. The molecule has 1 N–H and O–H groups in total. The molecule has 1 atom stereocenters. The first-order valence-corrected chi connectivity index (χ1v) is 7.36. The lowest BCUT2D eigenvalue weighted by molar-refractivity contribution is 0.333. The molecule has 1 unspecified atom stereocenters. The van der Waals surface area contributed by atoms with Crippen molar-refractivity contribution < 1.29 is 0 Å². The van der Waals surface area contributed by atoms with Crippen LogP contribution < -0.4 is 0 Å². The summed E-state index contributed by atoms with van der Waals surface area (Å²) in [5, 5.41) is 0. The van der Waals surface area contributed by atoms with E-state index in [1.807, 2.05) is 13.0 Å². The SMILES string of the molecule is CCN1CCC(Cn2c(=S)[nH]c3ccc(C)nc32)C1. The lowest BCUT2D eigenvalue weighted by Gasteiger charge is -2.13. The van der Waals surface area contributed by atoms with Gasteiger partial charge in [-0.2, -0.15) is 0 Å². The van der Waals surface area contributed by atoms with Crippen LogP contribution >= 0.6 is 12.2 Å². The van der Waals surface area contributed by atoms with Crippen molar-refractivity contribution in [1.82, 2.24) is 19.4 Å². The number of aromatic nitrogens is 3. The maximum atomic E-state index is 5.44. The molecule has 0 aliphatic carbocycles. The summed E-state index contributed by atoms with van der Waals surface area (Å²) < 4.78 is 2.96. The van der Waals surface area contributed by atoms with Crippen LogP contribution in [0, 0.1) is 17.6 Å². The summed E-state index contributed by atoms with van der Waals surface area (Å²) in [5.41, 5.74) is 3.08. The summed E-state index contributed by atoms with van der Waals surface area (Å²) in [6.07, 6.45) is 1.26. The highest BCUT2D eigenvalue weighted by Gasteiger charge is 2.22. The second-order valence-corrected chi connectivity index (χ2v) is 5.80. The van der Waals surface area contributed by atoms with Gasteiger partial charge in [0, 0.05) is 18.8 Å². The molecule has 0 spiro atoms. The van der Waals surface area contributed by atoms with Crippen molar-refractivity contribution in [1.29, 1.82) is 0 Å². The van der Waals surface area contributed by atoms with Gasteiger partial charge in [-0.3, -0.25) is 0 Å². The van der Waals surface area contributed by atoms with E-state index >= 15 is 0 Å². The van der Waals surface area contributed by atoms with Gasteiger partial charge in [-0.05, 0) is 56.7 Å². The van der Waals surface area contributed by atoms with E-state index in [0.29, 0.717) is 5.92 Å². The van der Waals surface area contributed by atoms with E-state index in [9.17, 15) is 0 Å². The zero-order chi connectivity index (χ0) is 13.4. The molecule has 3 rings (SSSR count). The van der Waals surface area contributed by atoms with Crippen LogP contribution in [0.2, 0.25) is 0 Å². The topological polar surface area (TPSA) is 36.9 Å². The number of nitrogens with zero attached hydrogens (tertiary/aromatic N) is 3. The molecular weight excluding hydrogens is 256 g/mol. The molecule has 2 aromatic heterocycles. The van der Waals surface area contributed by atoms with Gasteiger partial charge in [0.05, 0.1) is 5.52 Å². The van der Waals surface area contributed by atoms with Gasteiger partial charge < -0.3 is 14.5 Å². The summed E-state index contributed by atoms with van der Waals surface area (Å²) in [6.45, 7) is 8.76. The summed E-state index contributed by atoms with van der Waals surface area (Å²) in [5.74, 6) is 0.688. The van der Waals surface area contributed by atoms with E-state index in [4.69, 9.17) is 12.2 Å². The standard InChI is InChI=1S/C14H20N4S/c1-3-17-7-6-11(8-17)9-18-13-12(16-14(18)19)5-4-10(2)15-13/h4-5,11H,3,6-9H2,1-2H3,(H,16,19). The molecule has 1 aliphatic heterocycles. The molecule has 0 radical (unpaired) electrons. The van der Waals surface area contributed by atoms with Crippen molar-refractivity contribution in [3.8, 4) is 0 Å². The number of hydrogen-bond donors (Lipinski definition) is 1. The maximum absolute atomic E-state index is 5.44. The predicted molar refractivity (Wildman–Crippen MR) is 79.9 cm³/mol. The Morgan fingerprint density at radius 1 is 1.47 bits per heavy atom. The average Bonchev–Trinajstić information content (AvgIpc) is 2.96. The van der Waals surface area contributed by atoms with Crippen LogP contribution in [0.5, 0.6) is 0 Å². The van der Waals surface area contributed by atoms with Crippen molar-refractivity contribution >= 4 is 23.4 Å². The van der Waals surface area contributed by atoms with Crippen LogP contribution in [0.1, 0.15) is 19.0 Å². The molecule has 1 aliphatic rings. The normalized spacial score (nSPS) is 20.4. The van der Waals surface area contributed by atoms with Crippen LogP contribution in [0.3, 0.4) is 0 Å². The lowest BCUT2D eigenvalue weighted by atomic mass is 10.1. The third-order valence-electron chi connectivity index (χ3n) is 4.01. The van der Waals surface area contributed by atoms with Gasteiger partial charge in [-0.1, -0.05) is 6.92 Å². The number of aryl methyl sites for hydroxylation is 1. The van der Waals surface area contributed by atoms with Crippen molar-refractivity contribution in [2.45, 2.75) is 26.8 Å². The number of hydrogen-bond acceptors (Lipinski definition) is 3. The van der Waals surface area contributed by atoms with Gasteiger partial charge in [0.1, 0.15) is 0 Å². The number of pyridine rings is 1. The zero-order valence-corrected chi connectivity index (χ0v) is 12.3. The van der Waals surface area contributed by atoms with E-state index in [1.54, 1.807) is 0 Å². The molecular formula is C14H20N4S. The Labute approximate surface area is 118 Å². The van der Waals surface area contributed by atoms with Crippen molar-refractivity contribution in [3.05, 3.63) is 22.6 Å². The monoisotopic (exact) mass is 276 g/mol. The third kappa shape index (κ3) is 2.44. The molecule has 4 nitrogen and oxygen atoms in total. The minimum atomic E-state index is 0.688. The Morgan fingerprint density at radius 3 is 3.05 bits per heavy atom. The Kier molecular flexibility index (Phi) is 3.41. The first-order chi connectivity index (χ1) is 9.17. The zero-order valence-electron chi connectivity index (χ0n) is 11.5. The second kappa shape index (κ2) is 5.06. The molecule has 19 heavy (non-hydrogen) atoms. The molecule has 102 valence electrons. The van der Waals surface area contributed by atoms with Gasteiger partial charge in [-0.15, -0.1) is 0 Å². The molecule has 0 amide bonds. The van der Waals surface area contributed by atoms with Crippen molar-refractivity contribution in [2.75, 3.05) is 19.6 Å². The minimum absolute atomic E-state index is 0.688. The van der Waals surface area contributed by atoms with Gasteiger partial charge in [0.25, 0.3) is 0 Å². The van der Waals surface area contributed by atoms with Gasteiger partial charge in [0.15, 0.2) is 10.4 Å². The summed E-state index contributed by atoms with van der Waals surface area (Å²) in [4.78, 5) is 10.4. The van der Waals surface area contributed by atoms with Crippen molar-refractivity contribution in [2.24, 2.45) is 5.92 Å². The highest BCUT2D eigenvalue weighted by atomic mass is 32.1. The summed E-state index contributed by atoms with van der Waals surface area (Å²) >= 11 is 5.44. The molecule has 2 aromatic rings. The Hall–Kier alpha value is -1.20. The first-order valence-electron chi connectivity index (χ1n) is 6.96. The van der Waals surface area contributed by atoms with Crippen LogP contribution in [-0.2, 0) is 6.54 Å². The number of nitrogens with one attached hydrogen (secondary N) is 1. The first kappa shape index (κ1) is 12.8. The fourth-order valence-corrected chi connectivity index (χ4v) is 3.17. The largest absolute Gasteiger partial charge is 0.329 e. The van der Waals surface area contributed by atoms with Gasteiger partial charge in [-0.25, -0.2) is 4.98 Å². The van der Waals surface area contributed by atoms with E-state index in [0.717, 1.165) is 34.7 Å². The number of fused-ring (bicyclic) bond motifs is 1. The Balaban J connectivity index is 1.90. The number of aromatic amines is 1. The smallest absolute Gasteiger partial charge is 0.179 e. The third-order valence-corrected chi connectivity index (χ3v) is 4.34. The predicted octanol–water partition coefficient (Wildman–Crippen LogP) is 2.74. The number of rotatable bonds is 3. The molecule has 0 saturated carbocycles. The number of H-pyrrole nitrogens is 1. The van der Waals surface area contributed by atoms with Crippen LogP contribution in [-0.4, -0.2) is 39.1 Å². The molecule has 5 heteroatoms. The van der Waals surface area contributed by atoms with E-state index in [1.165, 1.54) is 19.5 Å². The van der Waals surface area contributed by atoms with Gasteiger partial charge in [0.2, 0.25) is 0 Å². The molecule has 0 bridgehead atoms. The molecule has 0 aromatic carbocycles. The quantitative estimate of drug-likeness (QED) is 0.876. The van der Waals surface area contributed by atoms with Crippen LogP contribution in [0.25, 0.3) is 11.2 Å². The number of likely N-dealkylation sites (tertiary alicyclic amines) is 1. The molecule has 3 heterocycles. The highest BCUT2D eigenvalue weighted by molar-refractivity contribution is 7.71.